The molecule has 0 atom stereocenters. The number of rotatable bonds is 4. The fourth-order valence-corrected chi connectivity index (χ4v) is 2.89. The molecule has 1 N–H and O–H groups in total. The van der Waals surface area contributed by atoms with Gasteiger partial charge in [-0.15, -0.1) is 0 Å². The lowest BCUT2D eigenvalue weighted by Crippen LogP contribution is -2.60. The SMILES string of the molecule is COCc1cc(N2CC(O)(c3ccc(F)cc3)C2)nc(C(C)(C)C)n1. The van der Waals surface area contributed by atoms with Crippen LogP contribution in [0.2, 0.25) is 0 Å². The van der Waals surface area contributed by atoms with Gasteiger partial charge in [-0.3, -0.25) is 0 Å². The van der Waals surface area contributed by atoms with Gasteiger partial charge in [-0.25, -0.2) is 14.4 Å². The summed E-state index contributed by atoms with van der Waals surface area (Å²) in [7, 11) is 1.63. The summed E-state index contributed by atoms with van der Waals surface area (Å²) in [5, 5.41) is 10.8. The molecule has 5 nitrogen and oxygen atoms in total. The monoisotopic (exact) mass is 345 g/mol. The van der Waals surface area contributed by atoms with Crippen molar-refractivity contribution in [2.45, 2.75) is 38.4 Å². The number of hydrogen-bond donors (Lipinski definition) is 1. The van der Waals surface area contributed by atoms with Crippen LogP contribution in [-0.4, -0.2) is 35.3 Å². The Labute approximate surface area is 147 Å². The highest BCUT2D eigenvalue weighted by molar-refractivity contribution is 5.48. The van der Waals surface area contributed by atoms with Crippen LogP contribution in [0.1, 0.15) is 37.9 Å². The van der Waals surface area contributed by atoms with Gasteiger partial charge in [0.15, 0.2) is 0 Å². The second kappa shape index (κ2) is 6.35. The summed E-state index contributed by atoms with van der Waals surface area (Å²) in [5.74, 6) is 1.21. The first-order chi connectivity index (χ1) is 11.7. The number of β-amino-alcohol motifs (C(OH)–C–C–N with tert-alkyl or cyclic N) is 1. The standard InChI is InChI=1S/C19H24FN3O2/c1-18(2,3)17-21-15(10-25-4)9-16(22-17)23-11-19(24,12-23)13-5-7-14(20)8-6-13/h5-9,24H,10-12H2,1-4H3. The van der Waals surface area contributed by atoms with E-state index in [2.05, 4.69) is 30.7 Å². The molecular formula is C19H24FN3O2. The summed E-state index contributed by atoms with van der Waals surface area (Å²) in [6, 6.07) is 7.89. The van der Waals surface area contributed by atoms with Crippen LogP contribution < -0.4 is 4.90 Å². The van der Waals surface area contributed by atoms with Crippen LogP contribution in [0.4, 0.5) is 10.2 Å². The van der Waals surface area contributed by atoms with E-state index in [1.165, 1.54) is 12.1 Å². The number of aliphatic hydroxyl groups is 1. The third-order valence-electron chi connectivity index (χ3n) is 4.34. The van der Waals surface area contributed by atoms with Crippen LogP contribution >= 0.6 is 0 Å². The maximum absolute atomic E-state index is 13.1. The molecule has 2 heterocycles. The Morgan fingerprint density at radius 1 is 1.20 bits per heavy atom. The molecule has 0 unspecified atom stereocenters. The predicted molar refractivity (Wildman–Crippen MR) is 94.0 cm³/mol. The molecule has 1 aromatic heterocycles. The van der Waals surface area contributed by atoms with E-state index in [1.54, 1.807) is 19.2 Å². The Morgan fingerprint density at radius 2 is 1.84 bits per heavy atom. The zero-order valence-electron chi connectivity index (χ0n) is 15.1. The van der Waals surface area contributed by atoms with E-state index >= 15 is 0 Å². The van der Waals surface area contributed by atoms with Crippen LogP contribution in [0.5, 0.6) is 0 Å². The van der Waals surface area contributed by atoms with Gasteiger partial charge in [0, 0.05) is 18.6 Å². The number of hydrogen-bond acceptors (Lipinski definition) is 5. The first kappa shape index (κ1) is 17.8. The smallest absolute Gasteiger partial charge is 0.136 e. The second-order valence-corrected chi connectivity index (χ2v) is 7.62. The van der Waals surface area contributed by atoms with E-state index in [0.29, 0.717) is 25.3 Å². The molecule has 2 aromatic rings. The zero-order valence-corrected chi connectivity index (χ0v) is 15.1. The number of anilines is 1. The molecule has 3 rings (SSSR count). The Kier molecular flexibility index (Phi) is 4.51. The molecule has 0 amide bonds. The van der Waals surface area contributed by atoms with Crippen molar-refractivity contribution < 1.29 is 14.2 Å². The molecule has 1 aliphatic heterocycles. The fourth-order valence-electron chi connectivity index (χ4n) is 2.89. The lowest BCUT2D eigenvalue weighted by atomic mass is 9.86. The molecule has 0 spiro atoms. The number of nitrogens with zero attached hydrogens (tertiary/aromatic N) is 3. The van der Waals surface area contributed by atoms with Gasteiger partial charge in [0.2, 0.25) is 0 Å². The first-order valence-electron chi connectivity index (χ1n) is 8.32. The Morgan fingerprint density at radius 3 is 2.40 bits per heavy atom. The van der Waals surface area contributed by atoms with Crippen molar-refractivity contribution in [3.63, 3.8) is 0 Å². The summed E-state index contributed by atoms with van der Waals surface area (Å²) in [5.41, 5.74) is 0.362. The molecular weight excluding hydrogens is 321 g/mol. The maximum atomic E-state index is 13.1. The third kappa shape index (κ3) is 3.65. The van der Waals surface area contributed by atoms with E-state index in [0.717, 1.165) is 17.3 Å². The predicted octanol–water partition coefficient (Wildman–Crippen LogP) is 2.77. The largest absolute Gasteiger partial charge is 0.381 e. The molecule has 1 aliphatic rings. The summed E-state index contributed by atoms with van der Waals surface area (Å²) in [6.45, 7) is 7.42. The van der Waals surface area contributed by atoms with Gasteiger partial charge in [-0.2, -0.15) is 0 Å². The highest BCUT2D eigenvalue weighted by atomic mass is 19.1. The minimum Gasteiger partial charge on any atom is -0.381 e. The Balaban J connectivity index is 1.83. The van der Waals surface area contributed by atoms with Crippen molar-refractivity contribution in [3.8, 4) is 0 Å². The summed E-state index contributed by atoms with van der Waals surface area (Å²) >= 11 is 0. The molecule has 1 saturated heterocycles. The quantitative estimate of drug-likeness (QED) is 0.923. The lowest BCUT2D eigenvalue weighted by Gasteiger charge is -2.47. The molecule has 6 heteroatoms. The van der Waals surface area contributed by atoms with E-state index in [1.807, 2.05) is 11.0 Å². The minimum atomic E-state index is -0.984. The molecule has 0 radical (unpaired) electrons. The van der Waals surface area contributed by atoms with Crippen LogP contribution in [0, 0.1) is 5.82 Å². The fraction of sp³-hybridized carbons (Fsp3) is 0.474. The summed E-state index contributed by atoms with van der Waals surface area (Å²) < 4.78 is 18.3. The van der Waals surface area contributed by atoms with Crippen molar-refractivity contribution in [1.82, 2.24) is 9.97 Å². The number of benzene rings is 1. The molecule has 134 valence electrons. The van der Waals surface area contributed by atoms with E-state index in [4.69, 9.17) is 4.74 Å². The van der Waals surface area contributed by atoms with Gasteiger partial charge in [0.1, 0.15) is 23.1 Å². The van der Waals surface area contributed by atoms with Gasteiger partial charge >= 0.3 is 0 Å². The average Bonchev–Trinajstić information content (AvgIpc) is 2.52. The third-order valence-corrected chi connectivity index (χ3v) is 4.34. The van der Waals surface area contributed by atoms with Crippen molar-refractivity contribution in [1.29, 1.82) is 0 Å². The van der Waals surface area contributed by atoms with Gasteiger partial charge < -0.3 is 14.7 Å². The van der Waals surface area contributed by atoms with Gasteiger partial charge in [0.05, 0.1) is 25.4 Å². The topological polar surface area (TPSA) is 58.5 Å². The highest BCUT2D eigenvalue weighted by Crippen LogP contribution is 2.35. The molecule has 25 heavy (non-hydrogen) atoms. The maximum Gasteiger partial charge on any atom is 0.136 e. The second-order valence-electron chi connectivity index (χ2n) is 7.62. The van der Waals surface area contributed by atoms with Gasteiger partial charge in [-0.1, -0.05) is 32.9 Å². The van der Waals surface area contributed by atoms with Crippen molar-refractivity contribution >= 4 is 5.82 Å². The Hall–Kier alpha value is -2.05. The van der Waals surface area contributed by atoms with Crippen molar-refractivity contribution in [2.75, 3.05) is 25.1 Å². The molecule has 1 aromatic carbocycles. The normalized spacial score (nSPS) is 16.6. The van der Waals surface area contributed by atoms with E-state index in [-0.39, 0.29) is 11.2 Å². The highest BCUT2D eigenvalue weighted by Gasteiger charge is 2.43. The van der Waals surface area contributed by atoms with E-state index < -0.39 is 5.60 Å². The van der Waals surface area contributed by atoms with Crippen LogP contribution in [0.15, 0.2) is 30.3 Å². The van der Waals surface area contributed by atoms with Crippen molar-refractivity contribution in [2.24, 2.45) is 0 Å². The number of methoxy groups -OCH3 is 1. The molecule has 1 fully saturated rings. The van der Waals surface area contributed by atoms with E-state index in [9.17, 15) is 9.50 Å². The zero-order chi connectivity index (χ0) is 18.2. The van der Waals surface area contributed by atoms with Gasteiger partial charge in [0.25, 0.3) is 0 Å². The number of halogens is 1. The summed E-state index contributed by atoms with van der Waals surface area (Å²) in [4.78, 5) is 11.2. The number of aromatic nitrogens is 2. The van der Waals surface area contributed by atoms with Crippen molar-refractivity contribution in [3.05, 3.63) is 53.2 Å². The first-order valence-corrected chi connectivity index (χ1v) is 8.32. The summed E-state index contributed by atoms with van der Waals surface area (Å²) in [6.07, 6.45) is 0. The molecule has 0 aliphatic carbocycles. The Bertz CT molecular complexity index is 750. The van der Waals surface area contributed by atoms with Crippen LogP contribution in [0.3, 0.4) is 0 Å². The lowest BCUT2D eigenvalue weighted by molar-refractivity contribution is 0.00692. The van der Waals surface area contributed by atoms with Gasteiger partial charge in [-0.05, 0) is 17.7 Å². The van der Waals surface area contributed by atoms with Crippen LogP contribution in [-0.2, 0) is 22.4 Å². The molecule has 0 bridgehead atoms. The minimum absolute atomic E-state index is 0.184. The average molecular weight is 345 g/mol. The van der Waals surface area contributed by atoms with Crippen LogP contribution in [0.25, 0.3) is 0 Å². The number of ether oxygens (including phenoxy) is 1. The molecule has 0 saturated carbocycles.